The largest absolute Gasteiger partial charge is 0.491 e. The van der Waals surface area contributed by atoms with Crippen LogP contribution in [0.5, 0.6) is 5.75 Å². The molecular formula is C14H15N5O. The van der Waals surface area contributed by atoms with Gasteiger partial charge in [-0.1, -0.05) is 0 Å². The fourth-order valence-corrected chi connectivity index (χ4v) is 1.59. The van der Waals surface area contributed by atoms with Gasteiger partial charge in [0.05, 0.1) is 6.10 Å². The Morgan fingerprint density at radius 1 is 1.15 bits per heavy atom. The number of hydrogen-bond donors (Lipinski definition) is 2. The van der Waals surface area contributed by atoms with Gasteiger partial charge in [0.2, 0.25) is 0 Å². The van der Waals surface area contributed by atoms with E-state index in [9.17, 15) is 0 Å². The van der Waals surface area contributed by atoms with E-state index in [2.05, 4.69) is 20.6 Å². The highest BCUT2D eigenvalue weighted by atomic mass is 16.5. The molecule has 0 aliphatic rings. The van der Waals surface area contributed by atoms with Gasteiger partial charge in [-0.05, 0) is 38.1 Å². The minimum atomic E-state index is 0.148. The standard InChI is InChI=1S/C14H15N5O/c1-10(2)20-12-5-3-11(4-6-12)19-14-7-13(16-8-15)17-9-18-14/h3-7,9-10H,1-2H3,(H2,16,17,18,19). The fraction of sp³-hybridized carbons (Fsp3) is 0.214. The maximum absolute atomic E-state index is 8.55. The molecule has 0 radical (unpaired) electrons. The molecule has 0 bridgehead atoms. The lowest BCUT2D eigenvalue weighted by Crippen LogP contribution is -2.05. The highest BCUT2D eigenvalue weighted by Gasteiger charge is 2.01. The molecule has 102 valence electrons. The van der Waals surface area contributed by atoms with Gasteiger partial charge in [0, 0.05) is 11.8 Å². The zero-order chi connectivity index (χ0) is 14.4. The Hall–Kier alpha value is -2.81. The maximum atomic E-state index is 8.55. The topological polar surface area (TPSA) is 82.9 Å². The quantitative estimate of drug-likeness (QED) is 0.641. The van der Waals surface area contributed by atoms with Crippen molar-refractivity contribution < 1.29 is 4.74 Å². The summed E-state index contributed by atoms with van der Waals surface area (Å²) in [5, 5.41) is 14.1. The Bertz CT molecular complexity index is 604. The summed E-state index contributed by atoms with van der Waals surface area (Å²) in [5.74, 6) is 1.88. The van der Waals surface area contributed by atoms with Crippen molar-refractivity contribution in [1.29, 1.82) is 5.26 Å². The smallest absolute Gasteiger partial charge is 0.182 e. The maximum Gasteiger partial charge on any atom is 0.182 e. The predicted molar refractivity (Wildman–Crippen MR) is 76.8 cm³/mol. The number of aromatic nitrogens is 2. The van der Waals surface area contributed by atoms with Crippen LogP contribution in [0.3, 0.4) is 0 Å². The van der Waals surface area contributed by atoms with Crippen LogP contribution in [0.4, 0.5) is 17.3 Å². The highest BCUT2D eigenvalue weighted by Crippen LogP contribution is 2.20. The van der Waals surface area contributed by atoms with E-state index < -0.39 is 0 Å². The van der Waals surface area contributed by atoms with Crippen LogP contribution in [0.2, 0.25) is 0 Å². The van der Waals surface area contributed by atoms with Gasteiger partial charge in [-0.25, -0.2) is 9.97 Å². The summed E-state index contributed by atoms with van der Waals surface area (Å²) in [7, 11) is 0. The number of rotatable bonds is 5. The molecule has 1 aromatic heterocycles. The van der Waals surface area contributed by atoms with E-state index in [0.717, 1.165) is 11.4 Å². The van der Waals surface area contributed by atoms with Crippen molar-refractivity contribution in [3.63, 3.8) is 0 Å². The van der Waals surface area contributed by atoms with Crippen LogP contribution in [0.25, 0.3) is 0 Å². The number of nitriles is 1. The molecule has 2 N–H and O–H groups in total. The van der Waals surface area contributed by atoms with Gasteiger partial charge in [-0.3, -0.25) is 5.32 Å². The number of hydrogen-bond acceptors (Lipinski definition) is 6. The van der Waals surface area contributed by atoms with Gasteiger partial charge in [0.15, 0.2) is 6.19 Å². The van der Waals surface area contributed by atoms with Crippen LogP contribution < -0.4 is 15.4 Å². The third-order valence-corrected chi connectivity index (χ3v) is 2.35. The lowest BCUT2D eigenvalue weighted by molar-refractivity contribution is 0.242. The molecule has 6 heteroatoms. The van der Waals surface area contributed by atoms with Crippen LogP contribution in [-0.2, 0) is 0 Å². The number of nitrogens with zero attached hydrogens (tertiary/aromatic N) is 3. The molecule has 0 saturated carbocycles. The molecule has 20 heavy (non-hydrogen) atoms. The van der Waals surface area contributed by atoms with E-state index >= 15 is 0 Å². The molecule has 0 saturated heterocycles. The molecule has 1 aromatic carbocycles. The molecule has 0 atom stereocenters. The van der Waals surface area contributed by atoms with Crippen molar-refractivity contribution in [2.45, 2.75) is 20.0 Å². The highest BCUT2D eigenvalue weighted by molar-refractivity contribution is 5.59. The first-order chi connectivity index (χ1) is 9.67. The summed E-state index contributed by atoms with van der Waals surface area (Å²) in [6.07, 6.45) is 3.35. The third kappa shape index (κ3) is 3.85. The SMILES string of the molecule is CC(C)Oc1ccc(Nc2cc(NC#N)ncn2)cc1. The molecule has 0 unspecified atom stereocenters. The van der Waals surface area contributed by atoms with Gasteiger partial charge < -0.3 is 10.1 Å². The minimum Gasteiger partial charge on any atom is -0.491 e. The molecule has 0 aliphatic heterocycles. The van der Waals surface area contributed by atoms with E-state index in [4.69, 9.17) is 10.00 Å². The minimum absolute atomic E-state index is 0.148. The zero-order valence-electron chi connectivity index (χ0n) is 11.3. The first-order valence-electron chi connectivity index (χ1n) is 6.18. The van der Waals surface area contributed by atoms with E-state index in [1.54, 1.807) is 6.07 Å². The van der Waals surface area contributed by atoms with Crippen LogP contribution in [0.1, 0.15) is 13.8 Å². The normalized spacial score (nSPS) is 9.90. The lowest BCUT2D eigenvalue weighted by Gasteiger charge is -2.11. The van der Waals surface area contributed by atoms with Crippen molar-refractivity contribution in [2.75, 3.05) is 10.6 Å². The average Bonchev–Trinajstić information content (AvgIpc) is 2.41. The molecule has 2 aromatic rings. The predicted octanol–water partition coefficient (Wildman–Crippen LogP) is 2.90. The number of anilines is 3. The lowest BCUT2D eigenvalue weighted by atomic mass is 10.3. The Kier molecular flexibility index (Phi) is 4.35. The number of benzene rings is 1. The first-order valence-corrected chi connectivity index (χ1v) is 6.18. The summed E-state index contributed by atoms with van der Waals surface area (Å²) in [4.78, 5) is 8.00. The molecule has 0 spiro atoms. The van der Waals surface area contributed by atoms with Crippen molar-refractivity contribution in [1.82, 2.24) is 9.97 Å². The molecule has 0 amide bonds. The van der Waals surface area contributed by atoms with Crippen molar-refractivity contribution in [3.8, 4) is 11.9 Å². The Morgan fingerprint density at radius 2 is 1.85 bits per heavy atom. The van der Waals surface area contributed by atoms with Crippen molar-refractivity contribution in [3.05, 3.63) is 36.7 Å². The second-order valence-electron chi connectivity index (χ2n) is 4.34. The monoisotopic (exact) mass is 269 g/mol. The van der Waals surface area contributed by atoms with Gasteiger partial charge >= 0.3 is 0 Å². The first kappa shape index (κ1) is 13.6. The van der Waals surface area contributed by atoms with E-state index in [0.29, 0.717) is 11.6 Å². The molecule has 6 nitrogen and oxygen atoms in total. The number of ether oxygens (including phenoxy) is 1. The van der Waals surface area contributed by atoms with Gasteiger partial charge in [-0.2, -0.15) is 5.26 Å². The van der Waals surface area contributed by atoms with Gasteiger partial charge in [0.25, 0.3) is 0 Å². The van der Waals surface area contributed by atoms with Crippen molar-refractivity contribution in [2.24, 2.45) is 0 Å². The van der Waals surface area contributed by atoms with E-state index in [-0.39, 0.29) is 6.10 Å². The molecular weight excluding hydrogens is 254 g/mol. The zero-order valence-corrected chi connectivity index (χ0v) is 11.3. The summed E-state index contributed by atoms with van der Waals surface area (Å²) in [5.41, 5.74) is 0.878. The Morgan fingerprint density at radius 3 is 2.50 bits per heavy atom. The third-order valence-electron chi connectivity index (χ3n) is 2.35. The Balaban J connectivity index is 2.06. The van der Waals surface area contributed by atoms with Gasteiger partial charge in [0.1, 0.15) is 23.7 Å². The van der Waals surface area contributed by atoms with Crippen LogP contribution in [0.15, 0.2) is 36.7 Å². The number of nitrogens with one attached hydrogen (secondary N) is 2. The van der Waals surface area contributed by atoms with Gasteiger partial charge in [-0.15, -0.1) is 0 Å². The molecule has 0 fully saturated rings. The molecule has 0 aliphatic carbocycles. The van der Waals surface area contributed by atoms with Crippen molar-refractivity contribution >= 4 is 17.3 Å². The Labute approximate surface area is 117 Å². The second-order valence-corrected chi connectivity index (χ2v) is 4.34. The molecule has 1 heterocycles. The summed E-state index contributed by atoms with van der Waals surface area (Å²) >= 11 is 0. The summed E-state index contributed by atoms with van der Waals surface area (Å²) in [6, 6.07) is 9.23. The fourth-order valence-electron chi connectivity index (χ4n) is 1.59. The molecule has 2 rings (SSSR count). The average molecular weight is 269 g/mol. The summed E-state index contributed by atoms with van der Waals surface area (Å²) < 4.78 is 5.57. The summed E-state index contributed by atoms with van der Waals surface area (Å²) in [6.45, 7) is 3.97. The van der Waals surface area contributed by atoms with Crippen LogP contribution >= 0.6 is 0 Å². The second kappa shape index (κ2) is 6.38. The van der Waals surface area contributed by atoms with Crippen LogP contribution in [0, 0.1) is 11.5 Å². The van der Waals surface area contributed by atoms with E-state index in [1.165, 1.54) is 6.33 Å². The van der Waals surface area contributed by atoms with Crippen LogP contribution in [-0.4, -0.2) is 16.1 Å². The van der Waals surface area contributed by atoms with E-state index in [1.807, 2.05) is 44.3 Å².